The zero-order valence-corrected chi connectivity index (χ0v) is 18.1. The van der Waals surface area contributed by atoms with Crippen LogP contribution in [0.5, 0.6) is 0 Å². The summed E-state index contributed by atoms with van der Waals surface area (Å²) in [6, 6.07) is 0. The average Bonchev–Trinajstić information content (AvgIpc) is 2.59. The zero-order valence-electron chi connectivity index (χ0n) is 17.3. The monoisotopic (exact) mass is 454 g/mol. The Morgan fingerprint density at radius 1 is 1.17 bits per heavy atom. The number of carbonyl (C=O) groups is 2. The summed E-state index contributed by atoms with van der Waals surface area (Å²) in [5.74, 6) is -0.736. The van der Waals surface area contributed by atoms with Gasteiger partial charge in [0.2, 0.25) is 0 Å². The van der Waals surface area contributed by atoms with Crippen LogP contribution in [-0.2, 0) is 19.0 Å². The normalized spacial score (nSPS) is 20.8. The van der Waals surface area contributed by atoms with Gasteiger partial charge in [-0.15, -0.1) is 13.2 Å². The van der Waals surface area contributed by atoms with Crippen LogP contribution in [0.2, 0.25) is 0 Å². The van der Waals surface area contributed by atoms with Crippen molar-refractivity contribution in [3.05, 3.63) is 22.4 Å². The summed E-state index contributed by atoms with van der Waals surface area (Å²) in [4.78, 5) is 27.3. The maximum absolute atomic E-state index is 13.0. The van der Waals surface area contributed by atoms with Crippen LogP contribution in [0.4, 0.5) is 18.0 Å². The molecule has 7 nitrogen and oxygen atoms in total. The van der Waals surface area contributed by atoms with Gasteiger partial charge in [0.1, 0.15) is 11.7 Å². The molecule has 170 valence electrons. The maximum Gasteiger partial charge on any atom is 0.523 e. The summed E-state index contributed by atoms with van der Waals surface area (Å²) >= 11 is 6.27. The highest BCUT2D eigenvalue weighted by atomic mass is 35.5. The molecule has 1 amide bonds. The van der Waals surface area contributed by atoms with Crippen LogP contribution in [-0.4, -0.2) is 72.7 Å². The molecule has 0 spiro atoms. The number of halogens is 4. The summed E-state index contributed by atoms with van der Waals surface area (Å²) in [6.45, 7) is 7.91. The topological polar surface area (TPSA) is 68.3 Å². The van der Waals surface area contributed by atoms with Gasteiger partial charge in [0, 0.05) is 38.2 Å². The van der Waals surface area contributed by atoms with Crippen molar-refractivity contribution in [1.29, 1.82) is 0 Å². The molecule has 1 heterocycles. The van der Waals surface area contributed by atoms with Gasteiger partial charge in [-0.3, -0.25) is 4.74 Å². The Labute approximate surface area is 178 Å². The van der Waals surface area contributed by atoms with Gasteiger partial charge in [0.15, 0.2) is 0 Å². The third-order valence-corrected chi connectivity index (χ3v) is 4.64. The van der Waals surface area contributed by atoms with E-state index in [-0.39, 0.29) is 55.5 Å². The van der Waals surface area contributed by atoms with Crippen molar-refractivity contribution < 1.29 is 37.0 Å². The fourth-order valence-electron chi connectivity index (χ4n) is 3.17. The molecule has 1 atom stereocenters. The van der Waals surface area contributed by atoms with Gasteiger partial charge >= 0.3 is 18.4 Å². The van der Waals surface area contributed by atoms with Crippen LogP contribution < -0.4 is 0 Å². The van der Waals surface area contributed by atoms with Crippen LogP contribution in [0.25, 0.3) is 0 Å². The van der Waals surface area contributed by atoms with Crippen molar-refractivity contribution in [3.63, 3.8) is 0 Å². The largest absolute Gasteiger partial charge is 0.523 e. The van der Waals surface area contributed by atoms with Crippen molar-refractivity contribution in [2.75, 3.05) is 32.8 Å². The lowest BCUT2D eigenvalue weighted by Crippen LogP contribution is -2.51. The van der Waals surface area contributed by atoms with Crippen LogP contribution in [0.15, 0.2) is 22.4 Å². The smallest absolute Gasteiger partial charge is 0.463 e. The number of alkyl halides is 3. The molecular weight excluding hydrogens is 429 g/mol. The Kier molecular flexibility index (Phi) is 7.68. The van der Waals surface area contributed by atoms with E-state index in [4.69, 9.17) is 21.1 Å². The summed E-state index contributed by atoms with van der Waals surface area (Å²) in [5.41, 5.74) is -0.512. The molecule has 0 saturated carbocycles. The van der Waals surface area contributed by atoms with Crippen molar-refractivity contribution >= 4 is 23.7 Å². The van der Waals surface area contributed by atoms with E-state index in [1.807, 2.05) is 0 Å². The molecular formula is C19H26ClF3N2O5. The number of amides is 1. The van der Waals surface area contributed by atoms with Crippen molar-refractivity contribution in [2.45, 2.75) is 52.2 Å². The quantitative estimate of drug-likeness (QED) is 0.602. The first-order valence-electron chi connectivity index (χ1n) is 9.55. The second-order valence-corrected chi connectivity index (χ2v) is 8.24. The molecule has 1 fully saturated rings. The van der Waals surface area contributed by atoms with Crippen LogP contribution in [0.3, 0.4) is 0 Å². The van der Waals surface area contributed by atoms with Gasteiger partial charge in [-0.05, 0) is 33.8 Å². The molecule has 0 aromatic rings. The van der Waals surface area contributed by atoms with Gasteiger partial charge < -0.3 is 19.3 Å². The number of rotatable bonds is 4. The Bertz CT molecular complexity index is 723. The number of esters is 1. The number of carbonyl (C=O) groups excluding carboxylic acids is 2. The predicted molar refractivity (Wildman–Crippen MR) is 103 cm³/mol. The number of nitrogens with zero attached hydrogens (tertiary/aromatic N) is 2. The molecule has 2 aliphatic rings. The standard InChI is InChI=1S/C19H26ClF3N2O5/c1-5-28-16(26)12-10-13(20)15(14(11-12)29-19(21,22)23)24-6-8-25(9-7-24)17(27)30-18(2,3)4/h10,14H,5-9,11H2,1-4H3. The van der Waals surface area contributed by atoms with E-state index in [1.165, 1.54) is 11.0 Å². The SMILES string of the molecule is CCOC(=O)C1=CC(Cl)=C(N2CCN(C(=O)OC(C)(C)C)CC2)C(OC(F)(F)F)C1. The highest BCUT2D eigenvalue weighted by molar-refractivity contribution is 6.32. The average molecular weight is 455 g/mol. The molecule has 0 radical (unpaired) electrons. The molecule has 0 aromatic carbocycles. The van der Waals surface area contributed by atoms with E-state index in [1.54, 1.807) is 32.6 Å². The Morgan fingerprint density at radius 3 is 2.27 bits per heavy atom. The third kappa shape index (κ3) is 6.80. The Hall–Kier alpha value is -1.94. The molecule has 11 heteroatoms. The molecule has 1 aliphatic carbocycles. The van der Waals surface area contributed by atoms with Gasteiger partial charge in [-0.2, -0.15) is 0 Å². The van der Waals surface area contributed by atoms with Crippen molar-refractivity contribution in [1.82, 2.24) is 9.80 Å². The lowest BCUT2D eigenvalue weighted by Gasteiger charge is -2.41. The number of piperazine rings is 1. The molecule has 0 aromatic heterocycles. The van der Waals surface area contributed by atoms with E-state index < -0.39 is 30.1 Å². The molecule has 2 rings (SSSR count). The highest BCUT2D eigenvalue weighted by Gasteiger charge is 2.41. The fraction of sp³-hybridized carbons (Fsp3) is 0.684. The molecule has 1 unspecified atom stereocenters. The van der Waals surface area contributed by atoms with Crippen LogP contribution >= 0.6 is 11.6 Å². The van der Waals surface area contributed by atoms with Crippen molar-refractivity contribution in [2.24, 2.45) is 0 Å². The first-order valence-corrected chi connectivity index (χ1v) is 9.93. The summed E-state index contributed by atoms with van der Waals surface area (Å²) < 4.78 is 53.5. The summed E-state index contributed by atoms with van der Waals surface area (Å²) in [7, 11) is 0. The molecule has 1 saturated heterocycles. The fourth-order valence-corrected chi connectivity index (χ4v) is 3.54. The lowest BCUT2D eigenvalue weighted by atomic mass is 9.98. The number of ether oxygens (including phenoxy) is 3. The lowest BCUT2D eigenvalue weighted by molar-refractivity contribution is -0.339. The maximum atomic E-state index is 13.0. The molecule has 30 heavy (non-hydrogen) atoms. The van der Waals surface area contributed by atoms with Crippen molar-refractivity contribution in [3.8, 4) is 0 Å². The highest BCUT2D eigenvalue weighted by Crippen LogP contribution is 2.36. The predicted octanol–water partition coefficient (Wildman–Crippen LogP) is 3.79. The van der Waals surface area contributed by atoms with E-state index >= 15 is 0 Å². The second kappa shape index (κ2) is 9.47. The summed E-state index contributed by atoms with van der Waals surface area (Å²) in [5, 5.41) is -0.0238. The van der Waals surface area contributed by atoms with Crippen LogP contribution in [0.1, 0.15) is 34.1 Å². The first kappa shape index (κ1) is 24.3. The zero-order chi connectivity index (χ0) is 22.7. The minimum atomic E-state index is -4.91. The first-order chi connectivity index (χ1) is 13.8. The van der Waals surface area contributed by atoms with E-state index in [0.717, 1.165) is 0 Å². The van der Waals surface area contributed by atoms with E-state index in [0.29, 0.717) is 0 Å². The Balaban J connectivity index is 2.18. The summed E-state index contributed by atoms with van der Waals surface area (Å²) in [6.07, 6.45) is -5.90. The van der Waals surface area contributed by atoms with E-state index in [9.17, 15) is 22.8 Å². The third-order valence-electron chi connectivity index (χ3n) is 4.34. The minimum absolute atomic E-state index is 0.00670. The molecule has 0 bridgehead atoms. The van der Waals surface area contributed by atoms with Gasteiger partial charge in [-0.25, -0.2) is 9.59 Å². The second-order valence-electron chi connectivity index (χ2n) is 7.83. The van der Waals surface area contributed by atoms with E-state index in [2.05, 4.69) is 4.74 Å². The van der Waals surface area contributed by atoms with Crippen LogP contribution in [0, 0.1) is 0 Å². The number of hydrogen-bond donors (Lipinski definition) is 0. The number of allylic oxidation sites excluding steroid dienone is 2. The van der Waals surface area contributed by atoms with Gasteiger partial charge in [0.05, 0.1) is 17.3 Å². The Morgan fingerprint density at radius 2 is 1.77 bits per heavy atom. The molecule has 0 N–H and O–H groups in total. The number of hydrogen-bond acceptors (Lipinski definition) is 6. The minimum Gasteiger partial charge on any atom is -0.463 e. The van der Waals surface area contributed by atoms with Gasteiger partial charge in [-0.1, -0.05) is 11.6 Å². The molecule has 1 aliphatic heterocycles. The van der Waals surface area contributed by atoms with Gasteiger partial charge in [0.25, 0.3) is 0 Å².